The Morgan fingerprint density at radius 2 is 1.93 bits per heavy atom. The van der Waals surface area contributed by atoms with Crippen LogP contribution in [0.5, 0.6) is 0 Å². The first-order valence-corrected chi connectivity index (χ1v) is 4.39. The molecule has 0 saturated carbocycles. The Labute approximate surface area is 84.0 Å². The molecule has 1 rings (SSSR count). The molecule has 0 aliphatic rings. The van der Waals surface area contributed by atoms with E-state index in [1.165, 1.54) is 11.0 Å². The summed E-state index contributed by atoms with van der Waals surface area (Å²) >= 11 is 0. The van der Waals surface area contributed by atoms with Crippen LogP contribution in [0.1, 0.15) is 0 Å². The molecular formula is C11H14N2O. The summed E-state index contributed by atoms with van der Waals surface area (Å²) < 4.78 is 0. The van der Waals surface area contributed by atoms with Gasteiger partial charge >= 0.3 is 0 Å². The van der Waals surface area contributed by atoms with Crippen molar-refractivity contribution in [2.45, 2.75) is 0 Å². The van der Waals surface area contributed by atoms with Gasteiger partial charge in [-0.3, -0.25) is 4.79 Å². The summed E-state index contributed by atoms with van der Waals surface area (Å²) in [5.41, 5.74) is 0.968. The van der Waals surface area contributed by atoms with Crippen LogP contribution in [0, 0.1) is 0 Å². The van der Waals surface area contributed by atoms with Crippen molar-refractivity contribution in [3.05, 3.63) is 42.6 Å². The quantitative estimate of drug-likeness (QED) is 0.736. The third kappa shape index (κ3) is 3.31. The van der Waals surface area contributed by atoms with Gasteiger partial charge in [0.1, 0.15) is 0 Å². The van der Waals surface area contributed by atoms with Crippen LogP contribution < -0.4 is 5.32 Å². The number of para-hydroxylation sites is 1. The van der Waals surface area contributed by atoms with Crippen LogP contribution in [0.4, 0.5) is 5.69 Å². The lowest BCUT2D eigenvalue weighted by atomic mass is 10.3. The molecule has 0 atom stereocenters. The molecule has 3 nitrogen and oxygen atoms in total. The van der Waals surface area contributed by atoms with Crippen LogP contribution in [0.25, 0.3) is 0 Å². The zero-order valence-corrected chi connectivity index (χ0v) is 8.40. The molecule has 0 bridgehead atoms. The lowest BCUT2D eigenvalue weighted by Gasteiger charge is -2.05. The van der Waals surface area contributed by atoms with Gasteiger partial charge in [-0.25, -0.2) is 0 Å². The summed E-state index contributed by atoms with van der Waals surface area (Å²) in [4.78, 5) is 12.6. The zero-order chi connectivity index (χ0) is 10.4. The van der Waals surface area contributed by atoms with Gasteiger partial charge in [-0.2, -0.15) is 0 Å². The predicted octanol–water partition coefficient (Wildman–Crippen LogP) is 1.70. The van der Waals surface area contributed by atoms with Gasteiger partial charge in [0.2, 0.25) is 5.91 Å². The van der Waals surface area contributed by atoms with Crippen molar-refractivity contribution >= 4 is 11.6 Å². The van der Waals surface area contributed by atoms with Crippen LogP contribution in [-0.4, -0.2) is 24.9 Å². The number of hydrogen-bond donors (Lipinski definition) is 1. The highest BCUT2D eigenvalue weighted by Gasteiger charge is 1.95. The van der Waals surface area contributed by atoms with Crippen molar-refractivity contribution in [2.75, 3.05) is 19.4 Å². The first kappa shape index (κ1) is 10.3. The van der Waals surface area contributed by atoms with E-state index in [0.29, 0.717) is 0 Å². The third-order valence-corrected chi connectivity index (χ3v) is 1.69. The molecule has 0 radical (unpaired) electrons. The molecule has 0 fully saturated rings. The fourth-order valence-corrected chi connectivity index (χ4v) is 0.893. The van der Waals surface area contributed by atoms with Crippen molar-refractivity contribution in [3.8, 4) is 0 Å². The van der Waals surface area contributed by atoms with Crippen molar-refractivity contribution in [1.29, 1.82) is 0 Å². The Morgan fingerprint density at radius 3 is 2.50 bits per heavy atom. The highest BCUT2D eigenvalue weighted by atomic mass is 16.2. The van der Waals surface area contributed by atoms with E-state index in [0.717, 1.165) is 5.69 Å². The number of carbonyl (C=O) groups excluding carboxylic acids is 1. The summed E-state index contributed by atoms with van der Waals surface area (Å²) in [6.45, 7) is 0. The van der Waals surface area contributed by atoms with E-state index < -0.39 is 0 Å². The molecule has 0 saturated heterocycles. The number of hydrogen-bond acceptors (Lipinski definition) is 2. The second-order valence-electron chi connectivity index (χ2n) is 3.08. The number of nitrogens with one attached hydrogen (secondary N) is 1. The van der Waals surface area contributed by atoms with Crippen molar-refractivity contribution in [1.82, 2.24) is 4.90 Å². The molecule has 14 heavy (non-hydrogen) atoms. The third-order valence-electron chi connectivity index (χ3n) is 1.69. The summed E-state index contributed by atoms with van der Waals surface area (Å²) in [6.07, 6.45) is 3.13. The fraction of sp³-hybridized carbons (Fsp3) is 0.182. The molecule has 1 N–H and O–H groups in total. The highest BCUT2D eigenvalue weighted by molar-refractivity contribution is 5.87. The van der Waals surface area contributed by atoms with Crippen molar-refractivity contribution in [2.24, 2.45) is 0 Å². The van der Waals surface area contributed by atoms with Gasteiger partial charge in [0.25, 0.3) is 0 Å². The molecule has 0 unspecified atom stereocenters. The SMILES string of the molecule is CN(C)C(=O)/C=C\Nc1ccccc1. The van der Waals surface area contributed by atoms with Gasteiger partial charge in [-0.05, 0) is 12.1 Å². The Morgan fingerprint density at radius 1 is 1.29 bits per heavy atom. The molecule has 0 aromatic heterocycles. The number of benzene rings is 1. The van der Waals surface area contributed by atoms with Gasteiger partial charge in [0.05, 0.1) is 0 Å². The molecule has 0 aliphatic carbocycles. The minimum Gasteiger partial charge on any atom is -0.361 e. The summed E-state index contributed by atoms with van der Waals surface area (Å²) in [5, 5.41) is 3.00. The highest BCUT2D eigenvalue weighted by Crippen LogP contribution is 2.04. The number of nitrogens with zero attached hydrogens (tertiary/aromatic N) is 1. The van der Waals surface area contributed by atoms with Crippen LogP contribution in [0.3, 0.4) is 0 Å². The maximum Gasteiger partial charge on any atom is 0.247 e. The maximum atomic E-state index is 11.1. The zero-order valence-electron chi connectivity index (χ0n) is 8.40. The monoisotopic (exact) mass is 190 g/mol. The van der Waals surface area contributed by atoms with E-state index in [4.69, 9.17) is 0 Å². The average molecular weight is 190 g/mol. The van der Waals surface area contributed by atoms with E-state index in [2.05, 4.69) is 5.32 Å². The van der Waals surface area contributed by atoms with Crippen LogP contribution in [-0.2, 0) is 4.79 Å². The van der Waals surface area contributed by atoms with E-state index in [9.17, 15) is 4.79 Å². The molecule has 0 spiro atoms. The first-order chi connectivity index (χ1) is 6.70. The van der Waals surface area contributed by atoms with Gasteiger partial charge in [-0.15, -0.1) is 0 Å². The Kier molecular flexibility index (Phi) is 3.73. The van der Waals surface area contributed by atoms with E-state index in [-0.39, 0.29) is 5.91 Å². The average Bonchev–Trinajstić information content (AvgIpc) is 2.19. The summed E-state index contributed by atoms with van der Waals surface area (Å²) in [7, 11) is 3.43. The van der Waals surface area contributed by atoms with Gasteiger partial charge < -0.3 is 10.2 Å². The number of amides is 1. The minimum atomic E-state index is -0.0339. The second kappa shape index (κ2) is 5.07. The first-order valence-electron chi connectivity index (χ1n) is 4.39. The maximum absolute atomic E-state index is 11.1. The summed E-state index contributed by atoms with van der Waals surface area (Å²) in [6, 6.07) is 9.68. The van der Waals surface area contributed by atoms with Crippen molar-refractivity contribution < 1.29 is 4.79 Å². The fourth-order valence-electron chi connectivity index (χ4n) is 0.893. The molecule has 1 aromatic rings. The van der Waals surface area contributed by atoms with Crippen LogP contribution >= 0.6 is 0 Å². The largest absolute Gasteiger partial charge is 0.361 e. The van der Waals surface area contributed by atoms with Gasteiger partial charge in [0.15, 0.2) is 0 Å². The lowest BCUT2D eigenvalue weighted by molar-refractivity contribution is -0.123. The molecule has 74 valence electrons. The normalized spacial score (nSPS) is 10.1. The number of anilines is 1. The molecule has 3 heteroatoms. The molecule has 1 aromatic carbocycles. The summed E-state index contributed by atoms with van der Waals surface area (Å²) in [5.74, 6) is -0.0339. The predicted molar refractivity (Wildman–Crippen MR) is 57.9 cm³/mol. The van der Waals surface area contributed by atoms with E-state index in [1.807, 2.05) is 30.3 Å². The van der Waals surface area contributed by atoms with Gasteiger partial charge in [0, 0.05) is 32.1 Å². The second-order valence-corrected chi connectivity index (χ2v) is 3.08. The number of carbonyl (C=O) groups is 1. The van der Waals surface area contributed by atoms with Crippen LogP contribution in [0.2, 0.25) is 0 Å². The van der Waals surface area contributed by atoms with E-state index in [1.54, 1.807) is 20.3 Å². The molecule has 0 heterocycles. The Hall–Kier alpha value is -1.77. The standard InChI is InChI=1S/C11H14N2O/c1-13(2)11(14)8-9-12-10-6-4-3-5-7-10/h3-9,12H,1-2H3/b9-8-. The smallest absolute Gasteiger partial charge is 0.247 e. The topological polar surface area (TPSA) is 32.3 Å². The molecule has 0 aliphatic heterocycles. The Bertz CT molecular complexity index is 317. The van der Waals surface area contributed by atoms with E-state index >= 15 is 0 Å². The molecule has 1 amide bonds. The Balaban J connectivity index is 2.45. The van der Waals surface area contributed by atoms with Gasteiger partial charge in [-0.1, -0.05) is 18.2 Å². The number of likely N-dealkylation sites (N-methyl/N-ethyl adjacent to an activating group) is 1. The lowest BCUT2D eigenvalue weighted by Crippen LogP contribution is -2.19. The van der Waals surface area contributed by atoms with Crippen LogP contribution in [0.15, 0.2) is 42.6 Å². The number of rotatable bonds is 3. The van der Waals surface area contributed by atoms with Crippen molar-refractivity contribution in [3.63, 3.8) is 0 Å². The molecular weight excluding hydrogens is 176 g/mol. The minimum absolute atomic E-state index is 0.0339.